The third kappa shape index (κ3) is 5.34. The predicted octanol–water partition coefficient (Wildman–Crippen LogP) is 4.76. The van der Waals surface area contributed by atoms with Crippen molar-refractivity contribution in [2.45, 2.75) is 39.3 Å². The molecule has 1 aromatic heterocycles. The summed E-state index contributed by atoms with van der Waals surface area (Å²) in [6.45, 7) is 6.30. The average molecular weight is 449 g/mol. The lowest BCUT2D eigenvalue weighted by Gasteiger charge is -2.30. The lowest BCUT2D eigenvalue weighted by molar-refractivity contribution is 0.0222. The van der Waals surface area contributed by atoms with Gasteiger partial charge in [0.05, 0.1) is 6.54 Å². The highest BCUT2D eigenvalue weighted by Crippen LogP contribution is 2.26. The van der Waals surface area contributed by atoms with Crippen LogP contribution in [0.15, 0.2) is 54.6 Å². The average Bonchev–Trinajstić information content (AvgIpc) is 3.11. The van der Waals surface area contributed by atoms with E-state index in [0.29, 0.717) is 30.1 Å². The maximum absolute atomic E-state index is 13.0. The summed E-state index contributed by atoms with van der Waals surface area (Å²) in [6, 6.07) is 16.6. The summed E-state index contributed by atoms with van der Waals surface area (Å²) in [6.07, 6.45) is 0.217. The van der Waals surface area contributed by atoms with E-state index in [-0.39, 0.29) is 12.5 Å². The largest absolute Gasteiger partial charge is 0.457 e. The second-order valence-electron chi connectivity index (χ2n) is 8.94. The molecule has 1 N–H and O–H groups in total. The number of fused-ring (bicyclic) bond motifs is 1. The zero-order chi connectivity index (χ0) is 23.6. The Labute approximate surface area is 193 Å². The van der Waals surface area contributed by atoms with E-state index in [0.717, 1.165) is 17.0 Å². The van der Waals surface area contributed by atoms with Crippen LogP contribution in [-0.4, -0.2) is 38.8 Å². The number of carbonyl (C=O) groups excluding carboxylic acids is 2. The summed E-state index contributed by atoms with van der Waals surface area (Å²) in [5, 5.41) is 7.32. The molecule has 3 aromatic rings. The number of rotatable bonds is 4. The van der Waals surface area contributed by atoms with E-state index in [1.165, 1.54) is 0 Å². The van der Waals surface area contributed by atoms with Crippen LogP contribution < -0.4 is 10.1 Å². The quantitative estimate of drug-likeness (QED) is 0.622. The maximum atomic E-state index is 13.0. The van der Waals surface area contributed by atoms with Crippen molar-refractivity contribution in [1.29, 1.82) is 0 Å². The molecule has 0 atom stereocenters. The molecule has 8 heteroatoms. The van der Waals surface area contributed by atoms with Gasteiger partial charge >= 0.3 is 6.09 Å². The standard InChI is InChI=1S/C25H28N4O4/c1-25(2,3)33-24(31)29-15-14-21-20(16-29)22(27-28(21)4)23(30)26-17-10-12-19(13-11-17)32-18-8-6-5-7-9-18/h5-13H,14-16H2,1-4H3,(H,26,30). The van der Waals surface area contributed by atoms with E-state index in [2.05, 4.69) is 10.4 Å². The third-order valence-electron chi connectivity index (χ3n) is 5.20. The molecular weight excluding hydrogens is 420 g/mol. The summed E-state index contributed by atoms with van der Waals surface area (Å²) in [7, 11) is 1.81. The van der Waals surface area contributed by atoms with Crippen molar-refractivity contribution in [3.8, 4) is 11.5 Å². The summed E-state index contributed by atoms with van der Waals surface area (Å²) in [5.74, 6) is 1.08. The first-order valence-corrected chi connectivity index (χ1v) is 10.9. The van der Waals surface area contributed by atoms with Crippen molar-refractivity contribution in [3.05, 3.63) is 71.5 Å². The van der Waals surface area contributed by atoms with Gasteiger partial charge in [-0.25, -0.2) is 4.79 Å². The molecule has 0 saturated carbocycles. The van der Waals surface area contributed by atoms with E-state index < -0.39 is 11.7 Å². The number of aromatic nitrogens is 2. The Morgan fingerprint density at radius 1 is 1.00 bits per heavy atom. The van der Waals surface area contributed by atoms with E-state index in [9.17, 15) is 9.59 Å². The number of para-hydroxylation sites is 1. The molecule has 2 heterocycles. The van der Waals surface area contributed by atoms with Gasteiger partial charge in [0.25, 0.3) is 5.91 Å². The first kappa shape index (κ1) is 22.4. The zero-order valence-corrected chi connectivity index (χ0v) is 19.3. The lowest BCUT2D eigenvalue weighted by atomic mass is 10.0. The minimum absolute atomic E-state index is 0.282. The number of amides is 2. The molecule has 8 nitrogen and oxygen atoms in total. The number of carbonyl (C=O) groups is 2. The number of ether oxygens (including phenoxy) is 2. The molecular formula is C25H28N4O4. The highest BCUT2D eigenvalue weighted by molar-refractivity contribution is 6.04. The van der Waals surface area contributed by atoms with E-state index >= 15 is 0 Å². The molecule has 1 aliphatic heterocycles. The summed E-state index contributed by atoms with van der Waals surface area (Å²) >= 11 is 0. The molecule has 2 amide bonds. The highest BCUT2D eigenvalue weighted by atomic mass is 16.6. The second-order valence-corrected chi connectivity index (χ2v) is 8.94. The molecule has 0 saturated heterocycles. The van der Waals surface area contributed by atoms with Crippen LogP contribution in [-0.2, 0) is 24.8 Å². The monoisotopic (exact) mass is 448 g/mol. The van der Waals surface area contributed by atoms with Crippen molar-refractivity contribution < 1.29 is 19.1 Å². The fraction of sp³-hybridized carbons (Fsp3) is 0.320. The Morgan fingerprint density at radius 3 is 2.33 bits per heavy atom. The normalized spacial score (nSPS) is 13.3. The van der Waals surface area contributed by atoms with Crippen LogP contribution in [0.2, 0.25) is 0 Å². The SMILES string of the molecule is Cn1nc(C(=O)Nc2ccc(Oc3ccccc3)cc2)c2c1CCN(C(=O)OC(C)(C)C)C2. The summed E-state index contributed by atoms with van der Waals surface area (Å²) in [5.41, 5.74) is 2.05. The minimum atomic E-state index is -0.580. The third-order valence-corrected chi connectivity index (χ3v) is 5.20. The molecule has 172 valence electrons. The Kier molecular flexibility index (Phi) is 6.09. The fourth-order valence-corrected chi connectivity index (χ4v) is 3.68. The molecule has 4 rings (SSSR count). The van der Waals surface area contributed by atoms with E-state index in [1.807, 2.05) is 58.2 Å². The number of anilines is 1. The molecule has 2 aromatic carbocycles. The van der Waals surface area contributed by atoms with Crippen LogP contribution in [0.5, 0.6) is 11.5 Å². The maximum Gasteiger partial charge on any atom is 0.410 e. The summed E-state index contributed by atoms with van der Waals surface area (Å²) in [4.78, 5) is 27.2. The molecule has 0 radical (unpaired) electrons. The lowest BCUT2D eigenvalue weighted by Crippen LogP contribution is -2.40. The first-order valence-electron chi connectivity index (χ1n) is 10.9. The van der Waals surface area contributed by atoms with Crippen LogP contribution >= 0.6 is 0 Å². The number of aryl methyl sites for hydroxylation is 1. The smallest absolute Gasteiger partial charge is 0.410 e. The predicted molar refractivity (Wildman–Crippen MR) is 124 cm³/mol. The van der Waals surface area contributed by atoms with Crippen molar-refractivity contribution in [2.24, 2.45) is 7.05 Å². The Hall–Kier alpha value is -3.81. The topological polar surface area (TPSA) is 85.7 Å². The van der Waals surface area contributed by atoms with Crippen molar-refractivity contribution in [1.82, 2.24) is 14.7 Å². The second kappa shape index (κ2) is 8.97. The van der Waals surface area contributed by atoms with Crippen molar-refractivity contribution in [2.75, 3.05) is 11.9 Å². The number of nitrogens with one attached hydrogen (secondary N) is 1. The van der Waals surface area contributed by atoms with Crippen LogP contribution in [0.1, 0.15) is 42.5 Å². The molecule has 33 heavy (non-hydrogen) atoms. The fourth-order valence-electron chi connectivity index (χ4n) is 3.68. The number of hydrogen-bond donors (Lipinski definition) is 1. The molecule has 0 unspecified atom stereocenters. The molecule has 0 spiro atoms. The van der Waals surface area contributed by atoms with Crippen LogP contribution in [0.3, 0.4) is 0 Å². The van der Waals surface area contributed by atoms with Crippen LogP contribution in [0.4, 0.5) is 10.5 Å². The summed E-state index contributed by atoms with van der Waals surface area (Å²) < 4.78 is 13.0. The Morgan fingerprint density at radius 2 is 1.67 bits per heavy atom. The van der Waals surface area contributed by atoms with Gasteiger partial charge in [-0.1, -0.05) is 18.2 Å². The van der Waals surface area contributed by atoms with E-state index in [1.54, 1.807) is 33.8 Å². The van der Waals surface area contributed by atoms with Gasteiger partial charge < -0.3 is 19.7 Å². The molecule has 0 fully saturated rings. The van der Waals surface area contributed by atoms with Crippen LogP contribution in [0.25, 0.3) is 0 Å². The van der Waals surface area contributed by atoms with Crippen LogP contribution in [0, 0.1) is 0 Å². The van der Waals surface area contributed by atoms with Gasteiger partial charge in [0.2, 0.25) is 0 Å². The Balaban J connectivity index is 1.46. The number of benzene rings is 2. The first-order chi connectivity index (χ1) is 15.7. The number of nitrogens with zero attached hydrogens (tertiary/aromatic N) is 3. The minimum Gasteiger partial charge on any atom is -0.457 e. The molecule has 0 bridgehead atoms. The molecule has 1 aliphatic rings. The molecule has 0 aliphatic carbocycles. The van der Waals surface area contributed by atoms with Gasteiger partial charge in [0.15, 0.2) is 5.69 Å². The van der Waals surface area contributed by atoms with Crippen molar-refractivity contribution >= 4 is 17.7 Å². The van der Waals surface area contributed by atoms with Gasteiger partial charge in [-0.15, -0.1) is 0 Å². The van der Waals surface area contributed by atoms with E-state index in [4.69, 9.17) is 9.47 Å². The number of hydrogen-bond acceptors (Lipinski definition) is 5. The van der Waals surface area contributed by atoms with Gasteiger partial charge in [0.1, 0.15) is 17.1 Å². The highest BCUT2D eigenvalue weighted by Gasteiger charge is 2.31. The van der Waals surface area contributed by atoms with Gasteiger partial charge in [-0.3, -0.25) is 9.48 Å². The zero-order valence-electron chi connectivity index (χ0n) is 19.3. The Bertz CT molecular complexity index is 1150. The van der Waals surface area contributed by atoms with Gasteiger partial charge in [-0.05, 0) is 57.2 Å². The van der Waals surface area contributed by atoms with Gasteiger partial charge in [0, 0.05) is 37.0 Å². The van der Waals surface area contributed by atoms with Crippen molar-refractivity contribution in [3.63, 3.8) is 0 Å². The van der Waals surface area contributed by atoms with Gasteiger partial charge in [-0.2, -0.15) is 5.10 Å².